The number of carboxylic acid groups (broad SMARTS) is 4. The number of hydrogen-bond acceptors (Lipinski definition) is 62. The van der Waals surface area contributed by atoms with Crippen molar-refractivity contribution in [2.45, 2.75) is 233 Å². The molecule has 0 aromatic carbocycles. The maximum atomic E-state index is 13.6. The molecule has 0 bridgehead atoms. The van der Waals surface area contributed by atoms with E-state index < -0.39 is 424 Å². The summed E-state index contributed by atoms with van der Waals surface area (Å²) in [7, 11) is -80.8. The average molecular weight is 2390 g/mol. The minimum atomic E-state index is -6.73. The standard InChI is InChI=1S/C48H76N4O79S13/c53-6-1-7(37(60)61)113-45(22(6)127-140(93,94)95)117-24-9(3-109-137(84,85)86)114-42(13(17(24)55)50-133(72,73)74)121-28-19(57)31(129-142(99,100)101)47(124-34(28)38(62)63)119-25-10(4-110-138(87,88)89)115-43(14(18(25)56)51-134(75,76)77)122-29-20(58)33(131-144(105,106)107)48(126-35(29)39(64)65)120-26-11(5-111-139(90,91)92)116-44(15(52-135(78,79)80)27(26)128-141(96,97)98)123-30-21(59)32(130-143(102,103)104)46(125-36(30)40(66)67)118-23-8(2-108-136(81,82)83)112-41(68)12(16(23)54)49-132(69,70)71/h1,6,8-36,41-59,68H,2-5H2,(H,60,61)(H,62,63)(H,64,65)(H,66,67)(H,69,70,71)(H,72,73,74)(H,75,76,77)(H,78,79,80)(H,81,82,83)(H,84,85,86)(H,87,88,89)(H,90,91,92)(H,93,94,95)(H,96,97,98)(H,99,100,101)(H,102,103,104)(H,105,106,107)/t6-,8+,9+,10+,11+,12+,13+,14+,15+,16+,17+,18+,19-,20-,21-,22+,23+,24+,25+,26+,27+,28-,29-,30-,31+,32+,33+,34+,35+,36+,41-,42+,43+,44+,45+,46-,47-,48-/m0/s1. The van der Waals surface area contributed by atoms with Gasteiger partial charge in [0.25, 0.3) is 0 Å². The van der Waals surface area contributed by atoms with Gasteiger partial charge in [0.15, 0.2) is 86.8 Å². The van der Waals surface area contributed by atoms with Crippen LogP contribution in [0.2, 0.25) is 0 Å². The van der Waals surface area contributed by atoms with Gasteiger partial charge in [0.1, 0.15) is 140 Å². The molecule has 96 heteroatoms. The van der Waals surface area contributed by atoms with Crippen LogP contribution in [-0.2, 0) is 263 Å². The van der Waals surface area contributed by atoms with Crippen LogP contribution in [0.5, 0.6) is 0 Å². The van der Waals surface area contributed by atoms with Crippen molar-refractivity contribution < 1.29 is 358 Å². The van der Waals surface area contributed by atoms with Gasteiger partial charge in [-0.25, -0.2) is 56.8 Å². The summed E-state index contributed by atoms with van der Waals surface area (Å²) in [5, 5.41) is 134. The molecule has 7 saturated heterocycles. The highest BCUT2D eigenvalue weighted by molar-refractivity contribution is 7.85. The first-order valence-corrected chi connectivity index (χ1v) is 54.7. The Morgan fingerprint density at radius 3 is 0.771 bits per heavy atom. The summed E-state index contributed by atoms with van der Waals surface area (Å²) < 4.78 is 573. The molecule has 8 aliphatic heterocycles. The number of aliphatic hydroxyl groups excluding tert-OH is 8. The van der Waals surface area contributed by atoms with E-state index in [0.29, 0.717) is 0 Å². The molecule has 0 aromatic heterocycles. The van der Waals surface area contributed by atoms with Gasteiger partial charge in [-0.05, 0) is 6.08 Å². The molecular formula is C48H76N4O79S13. The number of aliphatic carboxylic acids is 4. The maximum Gasteiger partial charge on any atom is 0.397 e. The molecule has 0 amide bonds. The zero-order valence-electron chi connectivity index (χ0n) is 68.4. The molecule has 29 N–H and O–H groups in total. The molecule has 8 heterocycles. The molecule has 0 saturated carbocycles. The van der Waals surface area contributed by atoms with E-state index in [1.54, 1.807) is 0 Å². The van der Waals surface area contributed by atoms with Crippen molar-refractivity contribution in [1.82, 2.24) is 18.9 Å². The van der Waals surface area contributed by atoms with Gasteiger partial charge >= 0.3 is 159 Å². The van der Waals surface area contributed by atoms with Crippen LogP contribution >= 0.6 is 0 Å². The van der Waals surface area contributed by atoms with Crippen molar-refractivity contribution in [2.24, 2.45) is 0 Å². The highest BCUT2D eigenvalue weighted by atomic mass is 32.3. The Labute approximate surface area is 802 Å². The second-order valence-corrected chi connectivity index (χ2v) is 43.6. The highest BCUT2D eigenvalue weighted by Gasteiger charge is 2.65. The van der Waals surface area contributed by atoms with Crippen molar-refractivity contribution in [3.05, 3.63) is 11.8 Å². The first-order chi connectivity index (χ1) is 65.0. The second-order valence-electron chi connectivity index (χ2n) is 29.2. The summed E-state index contributed by atoms with van der Waals surface area (Å²) in [6.45, 7) is -8.27. The third-order valence-electron chi connectivity index (χ3n) is 19.2. The largest absolute Gasteiger partial charge is 0.479 e. The van der Waals surface area contributed by atoms with Gasteiger partial charge < -0.3 is 132 Å². The Hall–Kier alpha value is -5.15. The van der Waals surface area contributed by atoms with Crippen LogP contribution in [0.4, 0.5) is 0 Å². The van der Waals surface area contributed by atoms with E-state index in [2.05, 4.69) is 37.6 Å². The van der Waals surface area contributed by atoms with Crippen LogP contribution in [0.1, 0.15) is 0 Å². The molecule has 840 valence electrons. The summed E-state index contributed by atoms with van der Waals surface area (Å²) in [5.41, 5.74) is 0. The van der Waals surface area contributed by atoms with Crippen LogP contribution in [0.15, 0.2) is 11.8 Å². The summed E-state index contributed by atoms with van der Waals surface area (Å²) in [6, 6.07) is -12.9. The number of rotatable bonds is 48. The van der Waals surface area contributed by atoms with Crippen LogP contribution < -0.4 is 18.9 Å². The van der Waals surface area contributed by atoms with E-state index in [1.807, 2.05) is 0 Å². The van der Waals surface area contributed by atoms with Crippen molar-refractivity contribution in [3.63, 3.8) is 0 Å². The molecule has 7 fully saturated rings. The van der Waals surface area contributed by atoms with Gasteiger partial charge in [-0.1, -0.05) is 0 Å². The smallest absolute Gasteiger partial charge is 0.397 e. The number of carbonyl (C=O) groups is 4. The molecule has 0 unspecified atom stereocenters. The average Bonchev–Trinajstić information content (AvgIpc) is 0.749. The van der Waals surface area contributed by atoms with E-state index in [4.69, 9.17) is 71.1 Å². The van der Waals surface area contributed by atoms with Crippen molar-refractivity contribution in [3.8, 4) is 0 Å². The molecule has 0 spiro atoms. The SMILES string of the molecule is O=C(O)C1=C[C@H](O)[C@@H](OS(=O)(=O)O)[C@@H](O[C@H]2[C@H](O)[C@@H](NS(=O)(=O)O)[C@@H](O[C@H]3[C@H](O)[C@@H](OS(=O)(=O)O)[C@@H](O[C@H]4[C@H](O)[C@@H](NS(=O)(=O)O)[C@@H](O[C@H]5[C@H](O)[C@@H](OS(=O)(=O)O)[C@@H](O[C@H]6[C@H](OS(=O)(=O)O)[C@@H](NS(=O)(=O)O)[C@@H](O[C@H]7[C@H](O)[C@@H](OS(=O)(=O)O)[C@@H](O[C@H]8[C@H](O)[C@@H](NS(=O)(=O)O)[C@@H](O)O[C@@H]8COS(=O)(=O)O)O[C@H]7C(=O)O)O[C@@H]6COS(=O)(=O)O)O[C@H]5C(=O)O)O[C@@H]4COS(=O)(=O)O)O[C@H]3C(=O)O)O[C@@H]2COS(=O)(=O)O)O1. The zero-order chi connectivity index (χ0) is 110. The Bertz CT molecular complexity index is 6220. The molecule has 8 aliphatic rings. The van der Waals surface area contributed by atoms with Crippen LogP contribution in [-0.4, -0.2) is 513 Å². The number of hydrogen-bond donors (Lipinski definition) is 29. The molecule has 0 aromatic rings. The summed E-state index contributed by atoms with van der Waals surface area (Å²) in [5.74, 6) is -11.9. The molecular weight excluding hydrogens is 2310 g/mol. The van der Waals surface area contributed by atoms with Gasteiger partial charge in [-0.3, -0.25) is 59.2 Å². The van der Waals surface area contributed by atoms with E-state index in [1.165, 1.54) is 0 Å². The van der Waals surface area contributed by atoms with Gasteiger partial charge in [0.2, 0.25) is 12.0 Å². The van der Waals surface area contributed by atoms with E-state index in [9.17, 15) is 249 Å². The maximum absolute atomic E-state index is 13.6. The minimum Gasteiger partial charge on any atom is -0.479 e. The fourth-order valence-electron chi connectivity index (χ4n) is 14.1. The summed E-state index contributed by atoms with van der Waals surface area (Å²) in [6.07, 6.45) is -113. The topological polar surface area (TPSA) is 1290 Å². The van der Waals surface area contributed by atoms with Crippen LogP contribution in [0, 0.1) is 0 Å². The van der Waals surface area contributed by atoms with Gasteiger partial charge in [0.05, 0.1) is 26.4 Å². The summed E-state index contributed by atoms with van der Waals surface area (Å²) in [4.78, 5) is 52.1. The van der Waals surface area contributed by atoms with E-state index in [-0.39, 0.29) is 6.08 Å². The van der Waals surface area contributed by atoms with E-state index in [0.717, 1.165) is 18.9 Å². The lowest BCUT2D eigenvalue weighted by molar-refractivity contribution is -0.377. The molecule has 38 atom stereocenters. The molecule has 0 aliphatic carbocycles. The fourth-order valence-corrected chi connectivity index (χ4v) is 20.1. The molecule has 8 rings (SSSR count). The quantitative estimate of drug-likeness (QED) is 0.0252. The minimum absolute atomic E-state index is 0.148. The third kappa shape index (κ3) is 36.3. The van der Waals surface area contributed by atoms with Crippen LogP contribution in [0.3, 0.4) is 0 Å². The predicted octanol–water partition coefficient (Wildman–Crippen LogP) is -20.9. The fraction of sp³-hybridized carbons (Fsp3) is 0.875. The Morgan fingerprint density at radius 1 is 0.257 bits per heavy atom. The van der Waals surface area contributed by atoms with Gasteiger partial charge in [-0.2, -0.15) is 128 Å². The van der Waals surface area contributed by atoms with Crippen LogP contribution in [0.25, 0.3) is 0 Å². The predicted molar refractivity (Wildman–Crippen MR) is 409 cm³/mol. The van der Waals surface area contributed by atoms with E-state index >= 15 is 0 Å². The normalized spacial score (nSPS) is 37.9. The first kappa shape index (κ1) is 124. The third-order valence-corrected chi connectivity index (χ3v) is 25.6. The first-order valence-electron chi connectivity index (χ1n) is 36.7. The Kier molecular flexibility index (Phi) is 40.3. The lowest BCUT2D eigenvalue weighted by Crippen LogP contribution is -2.72. The Morgan fingerprint density at radius 2 is 0.493 bits per heavy atom. The number of ether oxygens (including phenoxy) is 15. The number of aliphatic hydroxyl groups is 8. The van der Waals surface area contributed by atoms with Crippen molar-refractivity contribution in [2.75, 3.05) is 26.4 Å². The molecule has 83 nitrogen and oxygen atoms in total. The lowest BCUT2D eigenvalue weighted by Gasteiger charge is -2.51. The highest BCUT2D eigenvalue weighted by Crippen LogP contribution is 2.43. The second kappa shape index (κ2) is 46.8. The van der Waals surface area contributed by atoms with Gasteiger partial charge in [0, 0.05) is 0 Å². The lowest BCUT2D eigenvalue weighted by atomic mass is 9.94. The monoisotopic (exact) mass is 2390 g/mol. The Balaban J connectivity index is 1.18. The van der Waals surface area contributed by atoms with Gasteiger partial charge in [-0.15, -0.1) is 0 Å². The van der Waals surface area contributed by atoms with Crippen molar-refractivity contribution >= 4 is 159 Å². The van der Waals surface area contributed by atoms with Crippen molar-refractivity contribution in [1.29, 1.82) is 0 Å². The molecule has 144 heavy (non-hydrogen) atoms. The molecule has 0 radical (unpaired) electrons. The zero-order valence-corrected chi connectivity index (χ0v) is 79.0. The number of carboxylic acids is 4. The number of nitrogens with one attached hydrogen (secondary N) is 4. The summed E-state index contributed by atoms with van der Waals surface area (Å²) >= 11 is 0.